The fourth-order valence-corrected chi connectivity index (χ4v) is 3.95. The predicted octanol–water partition coefficient (Wildman–Crippen LogP) is -2.14. The highest BCUT2D eigenvalue weighted by Gasteiger charge is 2.40. The second-order valence-corrected chi connectivity index (χ2v) is 8.28. The highest BCUT2D eigenvalue weighted by molar-refractivity contribution is 6.47. The van der Waals surface area contributed by atoms with E-state index in [2.05, 4.69) is 10.6 Å². The molecule has 2 heterocycles. The van der Waals surface area contributed by atoms with Crippen LogP contribution in [0.25, 0.3) is 0 Å². The summed E-state index contributed by atoms with van der Waals surface area (Å²) in [5, 5.41) is 24.6. The molecule has 192 valence electrons. The number of fused-ring (bicyclic) bond motifs is 1. The van der Waals surface area contributed by atoms with Crippen molar-refractivity contribution in [3.8, 4) is 5.75 Å². The Morgan fingerprint density at radius 1 is 1.22 bits per heavy atom. The standard InChI is InChI=1S/C21H26BN5O9/c1-2-26-8-9-27(19(31)18(26)30)21(34)24-13(6-7-15(23)28)17(29)25-14-10-11-4-3-5-12(20(32)33)16(11)36-22(14)35/h3-5,13-14,35H,2,6-10H2,1H3,(H2,23,28)(H,24,34)(H,25,29)(H,32,33)/t13?,14-/m0/s1. The van der Waals surface area contributed by atoms with Crippen molar-refractivity contribution in [2.24, 2.45) is 5.73 Å². The van der Waals surface area contributed by atoms with Crippen LogP contribution in [0.3, 0.4) is 0 Å². The molecule has 1 aromatic rings. The van der Waals surface area contributed by atoms with Crippen LogP contribution in [-0.2, 0) is 25.6 Å². The van der Waals surface area contributed by atoms with Crippen LogP contribution in [0.4, 0.5) is 4.79 Å². The van der Waals surface area contributed by atoms with Gasteiger partial charge >= 0.3 is 30.9 Å². The molecule has 0 bridgehead atoms. The summed E-state index contributed by atoms with van der Waals surface area (Å²) in [7, 11) is -1.60. The molecule has 2 aliphatic rings. The third-order valence-electron chi connectivity index (χ3n) is 5.91. The van der Waals surface area contributed by atoms with E-state index in [0.29, 0.717) is 17.0 Å². The number of likely N-dealkylation sites (N-methyl/N-ethyl adjacent to an activating group) is 1. The highest BCUT2D eigenvalue weighted by Crippen LogP contribution is 2.30. The summed E-state index contributed by atoms with van der Waals surface area (Å²) < 4.78 is 5.34. The number of benzene rings is 1. The average molecular weight is 503 g/mol. The molecule has 1 fully saturated rings. The molecule has 0 aromatic heterocycles. The molecule has 3 rings (SSSR count). The Bertz CT molecular complexity index is 1100. The van der Waals surface area contributed by atoms with E-state index in [0.717, 1.165) is 0 Å². The van der Waals surface area contributed by atoms with Gasteiger partial charge in [-0.25, -0.2) is 9.59 Å². The third kappa shape index (κ3) is 5.74. The molecule has 14 nitrogen and oxygen atoms in total. The molecule has 0 aliphatic carbocycles. The number of urea groups is 1. The van der Waals surface area contributed by atoms with Crippen LogP contribution < -0.4 is 21.0 Å². The molecule has 1 aromatic carbocycles. The highest BCUT2D eigenvalue weighted by atomic mass is 16.5. The molecule has 6 N–H and O–H groups in total. The van der Waals surface area contributed by atoms with Gasteiger partial charge in [-0.15, -0.1) is 0 Å². The number of carboxylic acid groups (broad SMARTS) is 1. The van der Waals surface area contributed by atoms with E-state index >= 15 is 0 Å². The minimum atomic E-state index is -1.60. The monoisotopic (exact) mass is 503 g/mol. The number of nitrogens with two attached hydrogens (primary N) is 1. The van der Waals surface area contributed by atoms with Crippen LogP contribution in [0.1, 0.15) is 35.7 Å². The smallest absolute Gasteiger partial charge is 0.534 e. The zero-order valence-electron chi connectivity index (χ0n) is 19.4. The lowest BCUT2D eigenvalue weighted by molar-refractivity contribution is -0.153. The Hall–Kier alpha value is -4.14. The van der Waals surface area contributed by atoms with E-state index in [1.807, 2.05) is 0 Å². The first kappa shape index (κ1) is 26.5. The Labute approximate surface area is 205 Å². The minimum Gasteiger partial charge on any atom is -0.534 e. The number of piperazine rings is 1. The molecule has 15 heteroatoms. The van der Waals surface area contributed by atoms with Gasteiger partial charge < -0.3 is 36.1 Å². The Balaban J connectivity index is 1.72. The van der Waals surface area contributed by atoms with Crippen molar-refractivity contribution in [2.75, 3.05) is 19.6 Å². The van der Waals surface area contributed by atoms with Gasteiger partial charge in [0.1, 0.15) is 11.8 Å². The van der Waals surface area contributed by atoms with Crippen LogP contribution in [0, 0.1) is 0 Å². The van der Waals surface area contributed by atoms with Crippen molar-refractivity contribution in [3.63, 3.8) is 0 Å². The van der Waals surface area contributed by atoms with Gasteiger partial charge in [-0.1, -0.05) is 12.1 Å². The third-order valence-corrected chi connectivity index (χ3v) is 5.91. The van der Waals surface area contributed by atoms with Crippen molar-refractivity contribution in [2.45, 2.75) is 38.2 Å². The molecule has 1 saturated heterocycles. The van der Waals surface area contributed by atoms with Crippen molar-refractivity contribution < 1.29 is 43.6 Å². The number of carbonyl (C=O) groups is 6. The van der Waals surface area contributed by atoms with Crippen molar-refractivity contribution in [1.82, 2.24) is 20.4 Å². The molecular weight excluding hydrogens is 477 g/mol. The number of carbonyl (C=O) groups excluding carboxylic acids is 5. The second kappa shape index (κ2) is 11.1. The van der Waals surface area contributed by atoms with Crippen LogP contribution >= 0.6 is 0 Å². The van der Waals surface area contributed by atoms with E-state index in [4.69, 9.17) is 10.4 Å². The van der Waals surface area contributed by atoms with E-state index in [1.54, 1.807) is 13.0 Å². The first-order valence-electron chi connectivity index (χ1n) is 11.2. The molecule has 1 unspecified atom stereocenters. The summed E-state index contributed by atoms with van der Waals surface area (Å²) in [6.07, 6.45) is -0.470. The molecule has 36 heavy (non-hydrogen) atoms. The van der Waals surface area contributed by atoms with Gasteiger partial charge in [0.25, 0.3) is 0 Å². The van der Waals surface area contributed by atoms with Gasteiger partial charge in [0.15, 0.2) is 0 Å². The number of hydrogen-bond donors (Lipinski definition) is 5. The molecule has 6 amide bonds. The first-order chi connectivity index (χ1) is 17.0. The molecule has 2 aliphatic heterocycles. The zero-order valence-corrected chi connectivity index (χ0v) is 19.4. The molecule has 0 spiro atoms. The van der Waals surface area contributed by atoms with Crippen molar-refractivity contribution in [3.05, 3.63) is 29.3 Å². The number of imide groups is 1. The molecule has 0 saturated carbocycles. The van der Waals surface area contributed by atoms with Crippen molar-refractivity contribution in [1.29, 1.82) is 0 Å². The fourth-order valence-electron chi connectivity index (χ4n) is 3.95. The average Bonchev–Trinajstić information content (AvgIpc) is 2.83. The lowest BCUT2D eigenvalue weighted by Gasteiger charge is -2.33. The fraction of sp³-hybridized carbons (Fsp3) is 0.429. The Morgan fingerprint density at radius 2 is 1.94 bits per heavy atom. The number of nitrogens with zero attached hydrogens (tertiary/aromatic N) is 2. The summed E-state index contributed by atoms with van der Waals surface area (Å²) in [5.41, 5.74) is 5.46. The predicted molar refractivity (Wildman–Crippen MR) is 122 cm³/mol. The summed E-state index contributed by atoms with van der Waals surface area (Å²) in [4.78, 5) is 74.8. The number of rotatable bonds is 8. The summed E-state index contributed by atoms with van der Waals surface area (Å²) in [6, 6.07) is 2.06. The lowest BCUT2D eigenvalue weighted by atomic mass is 9.72. The first-order valence-corrected chi connectivity index (χ1v) is 11.2. The Morgan fingerprint density at radius 3 is 2.58 bits per heavy atom. The van der Waals surface area contributed by atoms with E-state index in [9.17, 15) is 38.9 Å². The Kier molecular flexibility index (Phi) is 8.14. The number of amides is 6. The normalized spacial score (nSPS) is 18.2. The number of aromatic carboxylic acids is 1. The van der Waals surface area contributed by atoms with E-state index < -0.39 is 54.7 Å². The SMILES string of the molecule is CCN1CCN(C(=O)NC(CCC(N)=O)C(=O)N[C@H]2Cc3cccc(C(=O)O)c3OB2O)C(=O)C1=O. The lowest BCUT2D eigenvalue weighted by Crippen LogP contribution is -2.62. The largest absolute Gasteiger partial charge is 0.547 e. The van der Waals surface area contributed by atoms with Gasteiger partial charge in [0, 0.05) is 26.1 Å². The minimum absolute atomic E-state index is 0.0176. The van der Waals surface area contributed by atoms with Crippen LogP contribution in [0.2, 0.25) is 0 Å². The van der Waals surface area contributed by atoms with E-state index in [-0.39, 0.29) is 43.7 Å². The van der Waals surface area contributed by atoms with Crippen molar-refractivity contribution >= 4 is 42.7 Å². The van der Waals surface area contributed by atoms with Gasteiger partial charge in [0.2, 0.25) is 11.8 Å². The van der Waals surface area contributed by atoms with Crippen LogP contribution in [-0.4, -0.2) is 94.3 Å². The second-order valence-electron chi connectivity index (χ2n) is 8.28. The maximum absolute atomic E-state index is 13.0. The number of carboxylic acids is 1. The van der Waals surface area contributed by atoms with Crippen LogP contribution in [0.5, 0.6) is 5.75 Å². The van der Waals surface area contributed by atoms with Gasteiger partial charge in [-0.2, -0.15) is 0 Å². The number of nitrogens with one attached hydrogen (secondary N) is 2. The number of hydrogen-bond acceptors (Lipinski definition) is 8. The number of primary amides is 1. The molecule has 0 radical (unpaired) electrons. The van der Waals surface area contributed by atoms with Gasteiger partial charge in [-0.3, -0.25) is 24.1 Å². The van der Waals surface area contributed by atoms with Gasteiger partial charge in [0.05, 0.1) is 11.5 Å². The van der Waals surface area contributed by atoms with Gasteiger partial charge in [-0.05, 0) is 31.4 Å². The summed E-state index contributed by atoms with van der Waals surface area (Å²) >= 11 is 0. The topological polar surface area (TPSA) is 209 Å². The zero-order chi connectivity index (χ0) is 26.6. The molecular formula is C21H26BN5O9. The molecule has 2 atom stereocenters. The van der Waals surface area contributed by atoms with E-state index in [1.165, 1.54) is 17.0 Å². The maximum Gasteiger partial charge on any atom is 0.547 e. The van der Waals surface area contributed by atoms with Crippen LogP contribution in [0.15, 0.2) is 18.2 Å². The quantitative estimate of drug-likeness (QED) is 0.193. The maximum atomic E-state index is 13.0. The summed E-state index contributed by atoms with van der Waals surface area (Å²) in [6.45, 7) is 2.05. The number of para-hydroxylation sites is 1. The summed E-state index contributed by atoms with van der Waals surface area (Å²) in [5.74, 6) is -5.71.